The third-order valence-electron chi connectivity index (χ3n) is 11.0. The normalized spacial score (nSPS) is 38.0. The minimum atomic E-state index is -0.653. The van der Waals surface area contributed by atoms with Gasteiger partial charge in [-0.15, -0.1) is 5.06 Å². The molecule has 0 aromatic heterocycles. The Balaban J connectivity index is 1.42. The van der Waals surface area contributed by atoms with E-state index in [1.165, 1.54) is 18.9 Å². The lowest BCUT2D eigenvalue weighted by Gasteiger charge is -2.37. The smallest absolute Gasteiger partial charge is 0.334 e. The van der Waals surface area contributed by atoms with Crippen LogP contribution >= 0.6 is 0 Å². The van der Waals surface area contributed by atoms with Crippen molar-refractivity contribution >= 4 is 11.9 Å². The van der Waals surface area contributed by atoms with Crippen molar-refractivity contribution in [3.63, 3.8) is 0 Å². The summed E-state index contributed by atoms with van der Waals surface area (Å²) >= 11 is 0. The van der Waals surface area contributed by atoms with Crippen molar-refractivity contribution in [2.75, 3.05) is 0 Å². The number of hydrogen-bond acceptors (Lipinski definition) is 6. The Labute approximate surface area is 253 Å². The number of carbonyl (C=O) groups excluding carboxylic acids is 2. The molecule has 232 valence electrons. The molecule has 2 aliphatic carbocycles. The van der Waals surface area contributed by atoms with Crippen LogP contribution in [-0.2, 0) is 29.4 Å². The summed E-state index contributed by atoms with van der Waals surface area (Å²) < 4.78 is 12.5. The van der Waals surface area contributed by atoms with Gasteiger partial charge in [0.05, 0.1) is 17.7 Å². The van der Waals surface area contributed by atoms with Crippen molar-refractivity contribution in [2.45, 2.75) is 124 Å². The lowest BCUT2D eigenvalue weighted by atomic mass is 9.75. The third kappa shape index (κ3) is 6.30. The molecule has 2 saturated heterocycles. The van der Waals surface area contributed by atoms with Crippen LogP contribution in [0.3, 0.4) is 0 Å². The van der Waals surface area contributed by atoms with Crippen LogP contribution in [0.25, 0.3) is 0 Å². The number of hydrogen-bond donors (Lipinski definition) is 0. The van der Waals surface area contributed by atoms with Gasteiger partial charge < -0.3 is 14.3 Å². The van der Waals surface area contributed by atoms with Crippen LogP contribution in [0.1, 0.15) is 105 Å². The molecule has 9 atom stereocenters. The standard InChI is InChI=1S/C36H53NO5/c1-22(2)27-15-13-24(5)19-30(27)40-33(38)21-32-34(35(39)41-31-20-25(6)14-16-28(31)23(3)4)29-17-18-36(7,37(29)42-32)26-11-9-8-10-12-26/h8-12,21-25,27-31,34H,13-20H2,1-7H3/b32-21-/t24-,25-,27+,28+,29+,30-,31-,34-,36+/m1/s1. The molecule has 4 fully saturated rings. The van der Waals surface area contributed by atoms with E-state index in [1.807, 2.05) is 23.3 Å². The van der Waals surface area contributed by atoms with Gasteiger partial charge in [-0.2, -0.15) is 0 Å². The van der Waals surface area contributed by atoms with Crippen LogP contribution in [0.5, 0.6) is 0 Å². The zero-order valence-corrected chi connectivity index (χ0v) is 26.9. The Bertz CT molecular complexity index is 1130. The molecule has 4 aliphatic rings. The van der Waals surface area contributed by atoms with Gasteiger partial charge in [0, 0.05) is 0 Å². The first-order valence-corrected chi connectivity index (χ1v) is 16.6. The SMILES string of the molecule is CC(C)[C@@H]1CC[C@@H](C)C[C@H]1OC(=O)/C=C1\ON2[C@@H](CC[C@@]2(C)c2ccccc2)[C@H]1C(=O)O[C@@H]1C[C@H](C)CC[C@H]1C(C)C. The summed E-state index contributed by atoms with van der Waals surface area (Å²) in [4.78, 5) is 34.1. The van der Waals surface area contributed by atoms with E-state index < -0.39 is 17.4 Å². The van der Waals surface area contributed by atoms with Gasteiger partial charge in [-0.1, -0.05) is 84.7 Å². The summed E-state index contributed by atoms with van der Waals surface area (Å²) in [6.45, 7) is 15.5. The molecule has 0 bridgehead atoms. The molecule has 0 unspecified atom stereocenters. The van der Waals surface area contributed by atoms with Crippen LogP contribution in [0.2, 0.25) is 0 Å². The van der Waals surface area contributed by atoms with Crippen molar-refractivity contribution < 1.29 is 23.9 Å². The van der Waals surface area contributed by atoms with E-state index in [1.54, 1.807) is 0 Å². The highest BCUT2D eigenvalue weighted by molar-refractivity contribution is 5.85. The molecule has 2 heterocycles. The van der Waals surface area contributed by atoms with E-state index in [4.69, 9.17) is 14.3 Å². The largest absolute Gasteiger partial charge is 0.461 e. The molecule has 6 heteroatoms. The van der Waals surface area contributed by atoms with Gasteiger partial charge in [0.25, 0.3) is 0 Å². The van der Waals surface area contributed by atoms with Crippen LogP contribution in [0.15, 0.2) is 42.2 Å². The predicted octanol–water partition coefficient (Wildman–Crippen LogP) is 7.82. The Kier molecular flexibility index (Phi) is 9.42. The number of benzene rings is 1. The first kappa shape index (κ1) is 31.1. The van der Waals surface area contributed by atoms with Gasteiger partial charge in [0.15, 0.2) is 0 Å². The maximum Gasteiger partial charge on any atom is 0.334 e. The minimum absolute atomic E-state index is 0.110. The molecule has 0 radical (unpaired) electrons. The fourth-order valence-corrected chi connectivity index (χ4v) is 8.33. The Morgan fingerprint density at radius 1 is 0.881 bits per heavy atom. The van der Waals surface area contributed by atoms with E-state index in [0.29, 0.717) is 41.3 Å². The molecule has 5 rings (SSSR count). The van der Waals surface area contributed by atoms with Crippen molar-refractivity contribution in [1.29, 1.82) is 0 Å². The number of esters is 2. The van der Waals surface area contributed by atoms with Crippen molar-refractivity contribution in [3.05, 3.63) is 47.7 Å². The Hall–Kier alpha value is -2.34. The Morgan fingerprint density at radius 2 is 1.45 bits per heavy atom. The molecule has 2 aliphatic heterocycles. The van der Waals surface area contributed by atoms with Crippen LogP contribution < -0.4 is 0 Å². The van der Waals surface area contributed by atoms with Gasteiger partial charge in [-0.05, 0) is 86.5 Å². The molecule has 0 N–H and O–H groups in total. The first-order chi connectivity index (χ1) is 20.0. The second-order valence-electron chi connectivity index (χ2n) is 14.8. The molecule has 1 aromatic carbocycles. The maximum atomic E-state index is 14.1. The van der Waals surface area contributed by atoms with Crippen LogP contribution in [0, 0.1) is 41.4 Å². The van der Waals surface area contributed by atoms with E-state index in [9.17, 15) is 9.59 Å². The number of ether oxygens (including phenoxy) is 2. The molecule has 0 spiro atoms. The molecular formula is C36H53NO5. The van der Waals surface area contributed by atoms with Gasteiger partial charge in [-0.3, -0.25) is 4.79 Å². The van der Waals surface area contributed by atoms with Crippen LogP contribution in [0.4, 0.5) is 0 Å². The number of nitrogens with zero attached hydrogens (tertiary/aromatic N) is 1. The average Bonchev–Trinajstić information content (AvgIpc) is 3.45. The number of fused-ring (bicyclic) bond motifs is 1. The van der Waals surface area contributed by atoms with E-state index >= 15 is 0 Å². The van der Waals surface area contributed by atoms with Crippen LogP contribution in [-0.4, -0.2) is 35.3 Å². The van der Waals surface area contributed by atoms with E-state index in [2.05, 4.69) is 60.6 Å². The zero-order valence-electron chi connectivity index (χ0n) is 26.9. The highest BCUT2D eigenvalue weighted by Crippen LogP contribution is 2.51. The third-order valence-corrected chi connectivity index (χ3v) is 11.0. The highest BCUT2D eigenvalue weighted by Gasteiger charge is 2.58. The van der Waals surface area contributed by atoms with Gasteiger partial charge in [-0.25, -0.2) is 4.79 Å². The van der Waals surface area contributed by atoms with Crippen molar-refractivity contribution in [1.82, 2.24) is 5.06 Å². The monoisotopic (exact) mass is 579 g/mol. The van der Waals surface area contributed by atoms with Gasteiger partial charge in [0.1, 0.15) is 23.9 Å². The van der Waals surface area contributed by atoms with E-state index in [-0.39, 0.29) is 24.2 Å². The predicted molar refractivity (Wildman–Crippen MR) is 164 cm³/mol. The van der Waals surface area contributed by atoms with Gasteiger partial charge in [0.2, 0.25) is 0 Å². The molecule has 42 heavy (non-hydrogen) atoms. The van der Waals surface area contributed by atoms with Crippen molar-refractivity contribution in [2.24, 2.45) is 41.4 Å². The van der Waals surface area contributed by atoms with Gasteiger partial charge >= 0.3 is 11.9 Å². The molecule has 6 nitrogen and oxygen atoms in total. The average molecular weight is 580 g/mol. The minimum Gasteiger partial charge on any atom is -0.461 e. The molecular weight excluding hydrogens is 526 g/mol. The second kappa shape index (κ2) is 12.7. The molecule has 0 amide bonds. The zero-order chi connectivity index (χ0) is 30.2. The lowest BCUT2D eigenvalue weighted by Crippen LogP contribution is -2.42. The number of hydroxylamine groups is 2. The quantitative estimate of drug-likeness (QED) is 0.242. The highest BCUT2D eigenvalue weighted by atomic mass is 16.7. The maximum absolute atomic E-state index is 14.1. The fraction of sp³-hybridized carbons (Fsp3) is 0.722. The summed E-state index contributed by atoms with van der Waals surface area (Å²) in [5, 5.41) is 1.97. The van der Waals surface area contributed by atoms with Crippen molar-refractivity contribution in [3.8, 4) is 0 Å². The summed E-state index contributed by atoms with van der Waals surface area (Å²) in [5.41, 5.74) is 0.728. The summed E-state index contributed by atoms with van der Waals surface area (Å²) in [6.07, 6.45) is 9.11. The lowest BCUT2D eigenvalue weighted by molar-refractivity contribution is -0.164. The second-order valence-corrected chi connectivity index (χ2v) is 14.8. The Morgan fingerprint density at radius 3 is 2.02 bits per heavy atom. The topological polar surface area (TPSA) is 65.1 Å². The summed E-state index contributed by atoms with van der Waals surface area (Å²) in [7, 11) is 0. The molecule has 1 aromatic rings. The number of rotatable bonds is 7. The number of carbonyl (C=O) groups is 2. The first-order valence-electron chi connectivity index (χ1n) is 16.6. The summed E-state index contributed by atoms with van der Waals surface area (Å²) in [5.74, 6) is 1.66. The van der Waals surface area contributed by atoms with E-state index in [0.717, 1.165) is 44.1 Å². The molecule has 2 saturated carbocycles. The fourth-order valence-electron chi connectivity index (χ4n) is 8.33. The summed E-state index contributed by atoms with van der Waals surface area (Å²) in [6, 6.07) is 10.1.